The molecule has 1 aliphatic rings. The third-order valence-corrected chi connectivity index (χ3v) is 4.02. The zero-order valence-electron chi connectivity index (χ0n) is 12.9. The van der Waals surface area contributed by atoms with Crippen molar-refractivity contribution in [1.82, 2.24) is 20.4 Å². The highest BCUT2D eigenvalue weighted by Gasteiger charge is 2.18. The molecule has 120 valence electrons. The lowest BCUT2D eigenvalue weighted by Crippen LogP contribution is -2.42. The quantitative estimate of drug-likeness (QED) is 0.846. The molecule has 1 aromatic heterocycles. The molecule has 0 fully saturated rings. The van der Waals surface area contributed by atoms with E-state index in [1.165, 1.54) is 23.5 Å². The molecular formula is C17H20N4O2. The number of aromatic nitrogens is 2. The monoisotopic (exact) mass is 312 g/mol. The molecule has 2 heterocycles. The fraction of sp³-hybridized carbons (Fsp3) is 0.353. The summed E-state index contributed by atoms with van der Waals surface area (Å²) in [7, 11) is 0. The number of nitrogens with one attached hydrogen (secondary N) is 1. The number of aliphatic hydroxyl groups is 1. The minimum absolute atomic E-state index is 0.222. The number of nitrogens with zero attached hydrogens (tertiary/aromatic N) is 3. The van der Waals surface area contributed by atoms with E-state index in [9.17, 15) is 9.90 Å². The Morgan fingerprint density at radius 1 is 1.26 bits per heavy atom. The Morgan fingerprint density at radius 2 is 2.09 bits per heavy atom. The molecule has 0 saturated heterocycles. The number of amides is 1. The van der Waals surface area contributed by atoms with Crippen LogP contribution in [0.2, 0.25) is 0 Å². The standard InChI is InChI=1S/C17H20N4O2/c22-16(10-18-17(23)14-5-7-19-20-9-14)12-21-8-6-13-3-1-2-4-15(13)11-21/h1-5,7,9,16,22H,6,8,10-12H2,(H,18,23). The van der Waals surface area contributed by atoms with Gasteiger partial charge in [0.05, 0.1) is 24.1 Å². The maximum atomic E-state index is 11.9. The van der Waals surface area contributed by atoms with E-state index in [1.54, 1.807) is 6.07 Å². The van der Waals surface area contributed by atoms with Crippen LogP contribution in [0, 0.1) is 0 Å². The van der Waals surface area contributed by atoms with Crippen LogP contribution in [0.25, 0.3) is 0 Å². The van der Waals surface area contributed by atoms with Crippen LogP contribution in [0.5, 0.6) is 0 Å². The Balaban J connectivity index is 1.47. The van der Waals surface area contributed by atoms with Crippen molar-refractivity contribution in [2.45, 2.75) is 19.1 Å². The Bertz CT molecular complexity index is 663. The van der Waals surface area contributed by atoms with Gasteiger partial charge in [0.25, 0.3) is 5.91 Å². The minimum Gasteiger partial charge on any atom is -0.390 e. The number of aliphatic hydroxyl groups excluding tert-OH is 1. The molecule has 0 radical (unpaired) electrons. The highest BCUT2D eigenvalue weighted by atomic mass is 16.3. The summed E-state index contributed by atoms with van der Waals surface area (Å²) in [5.74, 6) is -0.247. The first-order chi connectivity index (χ1) is 11.2. The van der Waals surface area contributed by atoms with E-state index in [0.29, 0.717) is 12.1 Å². The molecule has 6 nitrogen and oxygen atoms in total. The summed E-state index contributed by atoms with van der Waals surface area (Å²) < 4.78 is 0. The summed E-state index contributed by atoms with van der Waals surface area (Å²) in [6.45, 7) is 2.54. The highest BCUT2D eigenvalue weighted by Crippen LogP contribution is 2.18. The number of fused-ring (bicyclic) bond motifs is 1. The van der Waals surface area contributed by atoms with Crippen LogP contribution in [0.15, 0.2) is 42.7 Å². The van der Waals surface area contributed by atoms with E-state index in [2.05, 4.69) is 38.6 Å². The summed E-state index contributed by atoms with van der Waals surface area (Å²) in [6.07, 6.45) is 3.27. The summed E-state index contributed by atoms with van der Waals surface area (Å²) in [5, 5.41) is 20.2. The van der Waals surface area contributed by atoms with Crippen LogP contribution in [0.3, 0.4) is 0 Å². The maximum absolute atomic E-state index is 11.9. The average molecular weight is 312 g/mol. The van der Waals surface area contributed by atoms with Crippen LogP contribution in [0.4, 0.5) is 0 Å². The largest absolute Gasteiger partial charge is 0.390 e. The average Bonchev–Trinajstić information content (AvgIpc) is 2.60. The van der Waals surface area contributed by atoms with Gasteiger partial charge in [-0.05, 0) is 23.6 Å². The first kappa shape index (κ1) is 15.6. The summed E-state index contributed by atoms with van der Waals surface area (Å²) in [5.41, 5.74) is 3.15. The smallest absolute Gasteiger partial charge is 0.253 e. The fourth-order valence-corrected chi connectivity index (χ4v) is 2.81. The van der Waals surface area contributed by atoms with Crippen LogP contribution in [0.1, 0.15) is 21.5 Å². The third kappa shape index (κ3) is 4.12. The number of rotatable bonds is 5. The molecule has 0 bridgehead atoms. The second kappa shape index (κ2) is 7.30. The van der Waals surface area contributed by atoms with Crippen molar-refractivity contribution in [3.8, 4) is 0 Å². The van der Waals surface area contributed by atoms with Crippen molar-refractivity contribution in [3.05, 3.63) is 59.4 Å². The molecule has 1 unspecified atom stereocenters. The molecule has 1 aromatic carbocycles. The molecule has 1 atom stereocenters. The lowest BCUT2D eigenvalue weighted by atomic mass is 10.00. The molecule has 3 rings (SSSR count). The zero-order valence-corrected chi connectivity index (χ0v) is 12.9. The number of carbonyl (C=O) groups excluding carboxylic acids is 1. The molecule has 2 aromatic rings. The maximum Gasteiger partial charge on any atom is 0.253 e. The van der Waals surface area contributed by atoms with Gasteiger partial charge in [-0.25, -0.2) is 0 Å². The predicted octanol–water partition coefficient (Wildman–Crippen LogP) is 0.626. The summed E-state index contributed by atoms with van der Waals surface area (Å²) in [6, 6.07) is 9.99. The number of carbonyl (C=O) groups is 1. The normalized spacial score (nSPS) is 15.7. The first-order valence-corrected chi connectivity index (χ1v) is 7.74. The lowest BCUT2D eigenvalue weighted by Gasteiger charge is -2.30. The highest BCUT2D eigenvalue weighted by molar-refractivity contribution is 5.93. The van der Waals surface area contributed by atoms with Crippen LogP contribution in [-0.2, 0) is 13.0 Å². The first-order valence-electron chi connectivity index (χ1n) is 7.74. The molecule has 0 saturated carbocycles. The topological polar surface area (TPSA) is 78.4 Å². The Morgan fingerprint density at radius 3 is 2.87 bits per heavy atom. The molecule has 23 heavy (non-hydrogen) atoms. The number of benzene rings is 1. The second-order valence-electron chi connectivity index (χ2n) is 5.75. The van der Waals surface area contributed by atoms with E-state index < -0.39 is 6.10 Å². The van der Waals surface area contributed by atoms with Gasteiger partial charge in [0.15, 0.2) is 0 Å². The number of hydrogen-bond donors (Lipinski definition) is 2. The summed E-state index contributed by atoms with van der Waals surface area (Å²) in [4.78, 5) is 14.1. The van der Waals surface area contributed by atoms with Gasteiger partial charge in [-0.15, -0.1) is 0 Å². The Kier molecular flexibility index (Phi) is 4.95. The molecule has 6 heteroatoms. The van der Waals surface area contributed by atoms with E-state index in [1.807, 2.05) is 6.07 Å². The van der Waals surface area contributed by atoms with Crippen LogP contribution in [-0.4, -0.2) is 51.8 Å². The van der Waals surface area contributed by atoms with Crippen molar-refractivity contribution >= 4 is 5.91 Å². The van der Waals surface area contributed by atoms with Gasteiger partial charge in [0.2, 0.25) is 0 Å². The number of β-amino-alcohol motifs (C(OH)–C–C–N with tert-alkyl or cyclic N) is 1. The predicted molar refractivity (Wildman–Crippen MR) is 85.8 cm³/mol. The zero-order chi connectivity index (χ0) is 16.1. The Labute approximate surface area is 135 Å². The van der Waals surface area contributed by atoms with Crippen molar-refractivity contribution in [1.29, 1.82) is 0 Å². The summed E-state index contributed by atoms with van der Waals surface area (Å²) >= 11 is 0. The van der Waals surface area contributed by atoms with Gasteiger partial charge in [0.1, 0.15) is 0 Å². The van der Waals surface area contributed by atoms with E-state index in [-0.39, 0.29) is 12.5 Å². The third-order valence-electron chi connectivity index (χ3n) is 4.02. The minimum atomic E-state index is -0.598. The van der Waals surface area contributed by atoms with Crippen molar-refractivity contribution in [2.24, 2.45) is 0 Å². The molecule has 1 amide bonds. The van der Waals surface area contributed by atoms with E-state index in [0.717, 1.165) is 19.5 Å². The molecule has 1 aliphatic heterocycles. The van der Waals surface area contributed by atoms with Gasteiger partial charge >= 0.3 is 0 Å². The van der Waals surface area contributed by atoms with Crippen molar-refractivity contribution in [2.75, 3.05) is 19.6 Å². The van der Waals surface area contributed by atoms with Crippen molar-refractivity contribution < 1.29 is 9.90 Å². The van der Waals surface area contributed by atoms with E-state index >= 15 is 0 Å². The fourth-order valence-electron chi connectivity index (χ4n) is 2.81. The van der Waals surface area contributed by atoms with Gasteiger partial charge in [-0.1, -0.05) is 24.3 Å². The molecule has 0 spiro atoms. The SMILES string of the molecule is O=C(NCC(O)CN1CCc2ccccc2C1)c1ccnnc1. The van der Waals surface area contributed by atoms with Crippen LogP contribution < -0.4 is 5.32 Å². The molecule has 2 N–H and O–H groups in total. The lowest BCUT2D eigenvalue weighted by molar-refractivity contribution is 0.0841. The number of hydrogen-bond acceptors (Lipinski definition) is 5. The van der Waals surface area contributed by atoms with Gasteiger partial charge < -0.3 is 10.4 Å². The molecular weight excluding hydrogens is 292 g/mol. The van der Waals surface area contributed by atoms with Gasteiger partial charge in [-0.2, -0.15) is 10.2 Å². The molecule has 0 aliphatic carbocycles. The van der Waals surface area contributed by atoms with Gasteiger partial charge in [0, 0.05) is 26.2 Å². The van der Waals surface area contributed by atoms with Crippen molar-refractivity contribution in [3.63, 3.8) is 0 Å². The van der Waals surface area contributed by atoms with Gasteiger partial charge in [-0.3, -0.25) is 9.69 Å². The second-order valence-corrected chi connectivity index (χ2v) is 5.75. The van der Waals surface area contributed by atoms with Crippen LogP contribution >= 0.6 is 0 Å². The Hall–Kier alpha value is -2.31. The van der Waals surface area contributed by atoms with E-state index in [4.69, 9.17) is 0 Å².